The Kier molecular flexibility index (Phi) is 4.17. The van der Waals surface area contributed by atoms with Crippen molar-refractivity contribution in [2.75, 3.05) is 11.9 Å². The molecule has 1 amide bonds. The molecule has 88 valence electrons. The maximum absolute atomic E-state index is 11.3. The van der Waals surface area contributed by atoms with Gasteiger partial charge in [0.15, 0.2) is 0 Å². The number of nitrogens with one attached hydrogen (secondary N) is 1. The highest BCUT2D eigenvalue weighted by Crippen LogP contribution is 2.20. The summed E-state index contributed by atoms with van der Waals surface area (Å²) in [5, 5.41) is 12.0. The maximum atomic E-state index is 11.3. The SMILES string of the molecule is Cc1ccc(NC(=O)OCC(C)C)cc1O. The normalized spacial score (nSPS) is 10.2. The summed E-state index contributed by atoms with van der Waals surface area (Å²) in [5.74, 6) is 0.457. The molecule has 4 nitrogen and oxygen atoms in total. The van der Waals surface area contributed by atoms with Gasteiger partial charge in [0.1, 0.15) is 5.75 Å². The molecule has 0 atom stereocenters. The number of aryl methyl sites for hydroxylation is 1. The van der Waals surface area contributed by atoms with E-state index >= 15 is 0 Å². The molecule has 0 aliphatic carbocycles. The second-order valence-electron chi connectivity index (χ2n) is 4.12. The number of hydrogen-bond acceptors (Lipinski definition) is 3. The fourth-order valence-electron chi connectivity index (χ4n) is 1.08. The molecule has 16 heavy (non-hydrogen) atoms. The Labute approximate surface area is 95.2 Å². The summed E-state index contributed by atoms with van der Waals surface area (Å²) in [7, 11) is 0. The van der Waals surface area contributed by atoms with Crippen LogP contribution in [0.1, 0.15) is 19.4 Å². The molecule has 0 saturated carbocycles. The van der Waals surface area contributed by atoms with Crippen molar-refractivity contribution in [3.05, 3.63) is 23.8 Å². The number of benzene rings is 1. The number of carbonyl (C=O) groups is 1. The Hall–Kier alpha value is -1.71. The number of ether oxygens (including phenoxy) is 1. The van der Waals surface area contributed by atoms with Crippen LogP contribution in [0.25, 0.3) is 0 Å². The monoisotopic (exact) mass is 223 g/mol. The molecule has 1 rings (SSSR count). The minimum absolute atomic E-state index is 0.154. The van der Waals surface area contributed by atoms with Gasteiger partial charge >= 0.3 is 6.09 Å². The zero-order valence-electron chi connectivity index (χ0n) is 9.78. The minimum Gasteiger partial charge on any atom is -0.508 e. The number of aromatic hydroxyl groups is 1. The Bertz CT molecular complexity index is 375. The van der Waals surface area contributed by atoms with Gasteiger partial charge in [0.25, 0.3) is 0 Å². The number of carbonyl (C=O) groups excluding carboxylic acids is 1. The summed E-state index contributed by atoms with van der Waals surface area (Å²) in [4.78, 5) is 11.3. The van der Waals surface area contributed by atoms with Crippen LogP contribution < -0.4 is 5.32 Å². The van der Waals surface area contributed by atoms with Gasteiger partial charge in [0.05, 0.1) is 6.61 Å². The first kappa shape index (κ1) is 12.4. The number of amides is 1. The molecule has 0 spiro atoms. The van der Waals surface area contributed by atoms with E-state index in [2.05, 4.69) is 5.32 Å². The Morgan fingerprint density at radius 2 is 2.19 bits per heavy atom. The lowest BCUT2D eigenvalue weighted by Gasteiger charge is -2.09. The predicted octanol–water partition coefficient (Wildman–Crippen LogP) is 2.91. The molecule has 1 aromatic rings. The van der Waals surface area contributed by atoms with Crippen LogP contribution in [0.15, 0.2) is 18.2 Å². The van der Waals surface area contributed by atoms with E-state index in [1.54, 1.807) is 19.1 Å². The van der Waals surface area contributed by atoms with Crippen molar-refractivity contribution >= 4 is 11.8 Å². The van der Waals surface area contributed by atoms with Gasteiger partial charge < -0.3 is 9.84 Å². The zero-order chi connectivity index (χ0) is 12.1. The first-order valence-corrected chi connectivity index (χ1v) is 5.22. The van der Waals surface area contributed by atoms with Gasteiger partial charge in [-0.05, 0) is 24.5 Å². The largest absolute Gasteiger partial charge is 0.508 e. The van der Waals surface area contributed by atoms with E-state index in [1.165, 1.54) is 6.07 Å². The van der Waals surface area contributed by atoms with Crippen molar-refractivity contribution in [2.24, 2.45) is 5.92 Å². The number of phenols is 1. The lowest BCUT2D eigenvalue weighted by Crippen LogP contribution is -2.16. The second-order valence-corrected chi connectivity index (χ2v) is 4.12. The van der Waals surface area contributed by atoms with Crippen LogP contribution in [0.2, 0.25) is 0 Å². The van der Waals surface area contributed by atoms with Gasteiger partial charge in [-0.1, -0.05) is 19.9 Å². The lowest BCUT2D eigenvalue weighted by molar-refractivity contribution is 0.147. The average molecular weight is 223 g/mol. The summed E-state index contributed by atoms with van der Waals surface area (Å²) in [6.07, 6.45) is -0.503. The molecule has 0 fully saturated rings. The maximum Gasteiger partial charge on any atom is 0.411 e. The van der Waals surface area contributed by atoms with Gasteiger partial charge in [-0.15, -0.1) is 0 Å². The first-order valence-electron chi connectivity index (χ1n) is 5.22. The van der Waals surface area contributed by atoms with E-state index in [0.717, 1.165) is 5.56 Å². The Morgan fingerprint density at radius 3 is 2.75 bits per heavy atom. The van der Waals surface area contributed by atoms with Gasteiger partial charge in [-0.3, -0.25) is 5.32 Å². The number of hydrogen-bond donors (Lipinski definition) is 2. The molecule has 2 N–H and O–H groups in total. The standard InChI is InChI=1S/C12H17NO3/c1-8(2)7-16-12(15)13-10-5-4-9(3)11(14)6-10/h4-6,8,14H,7H2,1-3H3,(H,13,15). The van der Waals surface area contributed by atoms with Gasteiger partial charge in [0.2, 0.25) is 0 Å². The van der Waals surface area contributed by atoms with Crippen molar-refractivity contribution in [3.63, 3.8) is 0 Å². The van der Waals surface area contributed by atoms with E-state index in [1.807, 2.05) is 13.8 Å². The van der Waals surface area contributed by atoms with Crippen molar-refractivity contribution in [3.8, 4) is 5.75 Å². The first-order chi connectivity index (χ1) is 7.49. The highest BCUT2D eigenvalue weighted by atomic mass is 16.5. The number of rotatable bonds is 3. The number of phenolic OH excluding ortho intramolecular Hbond substituents is 1. The molecule has 4 heteroatoms. The van der Waals surface area contributed by atoms with E-state index < -0.39 is 6.09 Å². The number of anilines is 1. The summed E-state index contributed by atoms with van der Waals surface area (Å²) in [6, 6.07) is 4.94. The zero-order valence-corrected chi connectivity index (χ0v) is 9.78. The molecular weight excluding hydrogens is 206 g/mol. The molecule has 0 aliphatic rings. The van der Waals surface area contributed by atoms with Crippen LogP contribution in [0.3, 0.4) is 0 Å². The lowest BCUT2D eigenvalue weighted by atomic mass is 10.2. The van der Waals surface area contributed by atoms with E-state index in [9.17, 15) is 9.90 Å². The highest BCUT2D eigenvalue weighted by Gasteiger charge is 2.05. The molecule has 0 radical (unpaired) electrons. The topological polar surface area (TPSA) is 58.6 Å². The van der Waals surface area contributed by atoms with Gasteiger partial charge in [-0.25, -0.2) is 4.79 Å². The molecule has 0 saturated heterocycles. The smallest absolute Gasteiger partial charge is 0.411 e. The van der Waals surface area contributed by atoms with Gasteiger partial charge in [0, 0.05) is 11.8 Å². The van der Waals surface area contributed by atoms with E-state index in [-0.39, 0.29) is 5.75 Å². The fourth-order valence-corrected chi connectivity index (χ4v) is 1.08. The molecule has 0 unspecified atom stereocenters. The summed E-state index contributed by atoms with van der Waals surface area (Å²) < 4.78 is 4.95. The van der Waals surface area contributed by atoms with Crippen LogP contribution in [0.4, 0.5) is 10.5 Å². The third kappa shape index (κ3) is 3.81. The molecule has 1 aromatic carbocycles. The molecule has 0 aliphatic heterocycles. The van der Waals surface area contributed by atoms with Gasteiger partial charge in [-0.2, -0.15) is 0 Å². The third-order valence-corrected chi connectivity index (χ3v) is 2.00. The molecule has 0 aromatic heterocycles. The molecule has 0 bridgehead atoms. The van der Waals surface area contributed by atoms with Crippen molar-refractivity contribution in [1.29, 1.82) is 0 Å². The van der Waals surface area contributed by atoms with Crippen LogP contribution in [-0.2, 0) is 4.74 Å². The summed E-state index contributed by atoms with van der Waals surface area (Å²) in [5.41, 5.74) is 1.29. The molecule has 0 heterocycles. The van der Waals surface area contributed by atoms with Crippen molar-refractivity contribution < 1.29 is 14.6 Å². The highest BCUT2D eigenvalue weighted by molar-refractivity contribution is 5.84. The summed E-state index contributed by atoms with van der Waals surface area (Å²) >= 11 is 0. The van der Waals surface area contributed by atoms with Crippen molar-refractivity contribution in [1.82, 2.24) is 0 Å². The fraction of sp³-hybridized carbons (Fsp3) is 0.417. The Morgan fingerprint density at radius 1 is 1.50 bits per heavy atom. The van der Waals surface area contributed by atoms with Crippen LogP contribution >= 0.6 is 0 Å². The summed E-state index contributed by atoms with van der Waals surface area (Å²) in [6.45, 7) is 6.09. The van der Waals surface area contributed by atoms with Crippen LogP contribution in [0, 0.1) is 12.8 Å². The molecular formula is C12H17NO3. The van der Waals surface area contributed by atoms with Crippen molar-refractivity contribution in [2.45, 2.75) is 20.8 Å². The second kappa shape index (κ2) is 5.39. The predicted molar refractivity (Wildman–Crippen MR) is 62.7 cm³/mol. The van der Waals surface area contributed by atoms with Crippen LogP contribution in [-0.4, -0.2) is 17.8 Å². The minimum atomic E-state index is -0.503. The third-order valence-electron chi connectivity index (χ3n) is 2.00. The van der Waals surface area contributed by atoms with E-state index in [4.69, 9.17) is 4.74 Å². The van der Waals surface area contributed by atoms with Crippen LogP contribution in [0.5, 0.6) is 5.75 Å². The van der Waals surface area contributed by atoms with E-state index in [0.29, 0.717) is 18.2 Å². The quantitative estimate of drug-likeness (QED) is 0.828. The Balaban J connectivity index is 2.53. The average Bonchev–Trinajstić information content (AvgIpc) is 2.21.